The molecule has 3 heterocycles. The first-order chi connectivity index (χ1) is 14.9. The molecule has 2 aromatic carbocycles. The molecule has 2 N–H and O–H groups in total. The highest BCUT2D eigenvalue weighted by Gasteiger charge is 2.58. The minimum atomic E-state index is -1.14. The minimum absolute atomic E-state index is 0.154. The summed E-state index contributed by atoms with van der Waals surface area (Å²) >= 11 is 0. The fourth-order valence-electron chi connectivity index (χ4n) is 4.98. The molecule has 1 amide bonds. The predicted molar refractivity (Wildman–Crippen MR) is 115 cm³/mol. The van der Waals surface area contributed by atoms with Gasteiger partial charge in [0.05, 0.1) is 18.2 Å². The van der Waals surface area contributed by atoms with Crippen LogP contribution in [0.3, 0.4) is 0 Å². The highest BCUT2D eigenvalue weighted by atomic mass is 16.5. The van der Waals surface area contributed by atoms with E-state index in [9.17, 15) is 10.1 Å². The topological polar surface area (TPSA) is 101 Å². The molecule has 3 aliphatic rings. The van der Waals surface area contributed by atoms with Crippen LogP contribution in [-0.2, 0) is 15.1 Å². The Hall–Kier alpha value is -3.37. The standard InChI is InChI=1S/C24H24N4O3/c1-15-4-5-16(12-25)10-18(15)17-6-7-20-19(11-17)24(21(29)28(2)22(26)27-24)13-23(31-20)8-3-9-30-14-23/h4-7,10-11H,3,8-9,13-14H2,1-2H3,(H2,26,27). The van der Waals surface area contributed by atoms with Crippen molar-refractivity contribution in [1.82, 2.24) is 4.90 Å². The molecule has 0 aromatic heterocycles. The number of hydrogen-bond donors (Lipinski definition) is 1. The molecule has 0 saturated carbocycles. The van der Waals surface area contributed by atoms with Crippen LogP contribution >= 0.6 is 0 Å². The Kier molecular flexibility index (Phi) is 4.31. The Morgan fingerprint density at radius 2 is 2.10 bits per heavy atom. The maximum atomic E-state index is 13.5. The van der Waals surface area contributed by atoms with Crippen molar-refractivity contribution < 1.29 is 14.3 Å². The SMILES string of the molecule is Cc1ccc(C#N)cc1-c1ccc2c(c1)C1(CC3(CCCOC3)O2)N=C(N)N(C)C1=O. The van der Waals surface area contributed by atoms with Gasteiger partial charge in [0.2, 0.25) is 0 Å². The summed E-state index contributed by atoms with van der Waals surface area (Å²) in [5.41, 5.74) is 8.55. The van der Waals surface area contributed by atoms with E-state index in [2.05, 4.69) is 6.07 Å². The molecule has 3 aliphatic heterocycles. The zero-order chi connectivity index (χ0) is 21.8. The lowest BCUT2D eigenvalue weighted by Crippen LogP contribution is -2.55. The van der Waals surface area contributed by atoms with Gasteiger partial charge in [-0.3, -0.25) is 9.69 Å². The van der Waals surface area contributed by atoms with Crippen molar-refractivity contribution in [3.05, 3.63) is 53.1 Å². The van der Waals surface area contributed by atoms with Gasteiger partial charge in [-0.1, -0.05) is 12.1 Å². The van der Waals surface area contributed by atoms with Crippen molar-refractivity contribution in [3.63, 3.8) is 0 Å². The maximum Gasteiger partial charge on any atom is 0.261 e. The van der Waals surface area contributed by atoms with Crippen molar-refractivity contribution >= 4 is 11.9 Å². The number of likely N-dealkylation sites (N-methyl/N-ethyl adjacent to an activating group) is 1. The van der Waals surface area contributed by atoms with Crippen molar-refractivity contribution in [2.24, 2.45) is 10.7 Å². The van der Waals surface area contributed by atoms with Crippen LogP contribution in [-0.4, -0.2) is 42.6 Å². The number of fused-ring (bicyclic) bond motifs is 2. The zero-order valence-electron chi connectivity index (χ0n) is 17.6. The largest absolute Gasteiger partial charge is 0.484 e. The van der Waals surface area contributed by atoms with E-state index in [4.69, 9.17) is 20.2 Å². The molecule has 7 heteroatoms. The number of nitrogens with two attached hydrogens (primary N) is 1. The van der Waals surface area contributed by atoms with Crippen LogP contribution in [0, 0.1) is 18.3 Å². The van der Waals surface area contributed by atoms with Gasteiger partial charge >= 0.3 is 0 Å². The van der Waals surface area contributed by atoms with E-state index in [1.165, 1.54) is 4.90 Å². The third kappa shape index (κ3) is 2.90. The first kappa shape index (κ1) is 19.6. The number of hydrogen-bond acceptors (Lipinski definition) is 6. The van der Waals surface area contributed by atoms with Crippen molar-refractivity contribution in [2.45, 2.75) is 37.3 Å². The molecule has 1 saturated heterocycles. The molecule has 158 valence electrons. The molecule has 31 heavy (non-hydrogen) atoms. The number of carbonyl (C=O) groups is 1. The number of guanidine groups is 1. The Balaban J connectivity index is 1.70. The van der Waals surface area contributed by atoms with E-state index >= 15 is 0 Å². The first-order valence-electron chi connectivity index (χ1n) is 10.4. The van der Waals surface area contributed by atoms with Crippen molar-refractivity contribution in [1.29, 1.82) is 5.26 Å². The summed E-state index contributed by atoms with van der Waals surface area (Å²) in [7, 11) is 1.65. The van der Waals surface area contributed by atoms with Crippen LogP contribution in [0.1, 0.15) is 36.0 Å². The number of ether oxygens (including phenoxy) is 2. The average molecular weight is 416 g/mol. The number of nitrogens with zero attached hydrogens (tertiary/aromatic N) is 3. The molecular weight excluding hydrogens is 392 g/mol. The Bertz CT molecular complexity index is 1160. The molecule has 2 spiro atoms. The lowest BCUT2D eigenvalue weighted by molar-refractivity contribution is -0.139. The summed E-state index contributed by atoms with van der Waals surface area (Å²) < 4.78 is 12.2. The highest BCUT2D eigenvalue weighted by Crippen LogP contribution is 2.52. The van der Waals surface area contributed by atoms with E-state index in [1.807, 2.05) is 37.3 Å². The quantitative estimate of drug-likeness (QED) is 0.770. The molecule has 2 unspecified atom stereocenters. The van der Waals surface area contributed by atoms with E-state index in [0.29, 0.717) is 36.5 Å². The summed E-state index contributed by atoms with van der Waals surface area (Å²) in [5.74, 6) is 0.687. The molecule has 2 atom stereocenters. The van der Waals surface area contributed by atoms with Gasteiger partial charge in [-0.25, -0.2) is 4.99 Å². The van der Waals surface area contributed by atoms with Crippen LogP contribution in [0.25, 0.3) is 11.1 Å². The molecule has 0 aliphatic carbocycles. The molecule has 5 rings (SSSR count). The second-order valence-electron chi connectivity index (χ2n) is 8.66. The van der Waals surface area contributed by atoms with Crippen molar-refractivity contribution in [2.75, 3.05) is 20.3 Å². The molecule has 2 aromatic rings. The number of aliphatic imine (C=N–C) groups is 1. The third-order valence-corrected chi connectivity index (χ3v) is 6.60. The molecule has 0 radical (unpaired) electrons. The summed E-state index contributed by atoms with van der Waals surface area (Å²) in [6.07, 6.45) is 2.05. The highest BCUT2D eigenvalue weighted by molar-refractivity contribution is 6.07. The van der Waals surface area contributed by atoms with Crippen LogP contribution in [0.2, 0.25) is 0 Å². The number of aryl methyl sites for hydroxylation is 1. The lowest BCUT2D eigenvalue weighted by Gasteiger charge is -2.46. The van der Waals surface area contributed by atoms with Crippen molar-refractivity contribution in [3.8, 4) is 22.9 Å². The van der Waals surface area contributed by atoms with Gasteiger partial charge < -0.3 is 15.2 Å². The minimum Gasteiger partial charge on any atom is -0.484 e. The first-order valence-corrected chi connectivity index (χ1v) is 10.4. The van der Waals surface area contributed by atoms with Crippen LogP contribution < -0.4 is 10.5 Å². The Morgan fingerprint density at radius 3 is 2.77 bits per heavy atom. The number of rotatable bonds is 1. The predicted octanol–water partition coefficient (Wildman–Crippen LogP) is 2.85. The van der Waals surface area contributed by atoms with Gasteiger partial charge in [0, 0.05) is 25.6 Å². The van der Waals surface area contributed by atoms with E-state index in [0.717, 1.165) is 29.5 Å². The van der Waals surface area contributed by atoms with Gasteiger partial charge in [-0.2, -0.15) is 5.26 Å². The second kappa shape index (κ2) is 6.82. The van der Waals surface area contributed by atoms with Crippen LogP contribution in [0.5, 0.6) is 5.75 Å². The number of nitriles is 1. The van der Waals surface area contributed by atoms with Gasteiger partial charge in [-0.15, -0.1) is 0 Å². The monoisotopic (exact) mass is 416 g/mol. The molecule has 0 bridgehead atoms. The van der Waals surface area contributed by atoms with Gasteiger partial charge in [0.15, 0.2) is 11.5 Å². The zero-order valence-corrected chi connectivity index (χ0v) is 17.6. The summed E-state index contributed by atoms with van der Waals surface area (Å²) in [6.45, 7) is 3.12. The van der Waals surface area contributed by atoms with E-state index < -0.39 is 11.1 Å². The average Bonchev–Trinajstić information content (AvgIpc) is 2.98. The van der Waals surface area contributed by atoms with Crippen LogP contribution in [0.15, 0.2) is 41.4 Å². The Labute approximate surface area is 181 Å². The number of benzene rings is 2. The molecule has 7 nitrogen and oxygen atoms in total. The molecule has 1 fully saturated rings. The normalized spacial score (nSPS) is 27.1. The van der Waals surface area contributed by atoms with Gasteiger partial charge in [-0.05, 0) is 60.7 Å². The summed E-state index contributed by atoms with van der Waals surface area (Å²) in [6, 6.07) is 13.6. The number of carbonyl (C=O) groups excluding carboxylic acids is 1. The molecular formula is C24H24N4O3. The van der Waals surface area contributed by atoms with Gasteiger partial charge in [0.25, 0.3) is 5.91 Å². The van der Waals surface area contributed by atoms with E-state index in [1.54, 1.807) is 13.1 Å². The van der Waals surface area contributed by atoms with Gasteiger partial charge in [0.1, 0.15) is 11.4 Å². The summed E-state index contributed by atoms with van der Waals surface area (Å²) in [4.78, 5) is 19.6. The smallest absolute Gasteiger partial charge is 0.261 e. The number of amides is 1. The van der Waals surface area contributed by atoms with E-state index in [-0.39, 0.29) is 11.9 Å². The Morgan fingerprint density at radius 1 is 1.26 bits per heavy atom. The lowest BCUT2D eigenvalue weighted by atomic mass is 9.73. The fourth-order valence-corrected chi connectivity index (χ4v) is 4.98. The van der Waals surface area contributed by atoms with Crippen LogP contribution in [0.4, 0.5) is 0 Å². The summed E-state index contributed by atoms with van der Waals surface area (Å²) in [5, 5.41) is 9.33. The fraction of sp³-hybridized carbons (Fsp3) is 0.375. The third-order valence-electron chi connectivity index (χ3n) is 6.60. The maximum absolute atomic E-state index is 13.5. The second-order valence-corrected chi connectivity index (χ2v) is 8.66.